The minimum Gasteiger partial charge on any atom is -0.364 e. The van der Waals surface area contributed by atoms with Crippen LogP contribution in [0, 0.1) is 5.82 Å². The van der Waals surface area contributed by atoms with Gasteiger partial charge in [-0.05, 0) is 29.8 Å². The second-order valence-corrected chi connectivity index (χ2v) is 6.51. The second-order valence-electron chi connectivity index (χ2n) is 6.51. The van der Waals surface area contributed by atoms with Gasteiger partial charge in [-0.2, -0.15) is 0 Å². The molecule has 2 aliphatic heterocycles. The summed E-state index contributed by atoms with van der Waals surface area (Å²) in [5.41, 5.74) is 1.41. The van der Waals surface area contributed by atoms with Crippen LogP contribution in [0.2, 0.25) is 0 Å². The highest BCUT2D eigenvalue weighted by atomic mass is 19.1. The Balaban J connectivity index is 1.51. The molecule has 134 valence electrons. The van der Waals surface area contributed by atoms with Crippen molar-refractivity contribution < 1.29 is 18.7 Å². The Hall–Kier alpha value is -2.80. The number of carbonyl (C=O) groups excluding carboxylic acids is 2. The van der Waals surface area contributed by atoms with Crippen molar-refractivity contribution in [2.75, 3.05) is 19.7 Å². The van der Waals surface area contributed by atoms with Gasteiger partial charge in [-0.15, -0.1) is 0 Å². The van der Waals surface area contributed by atoms with Crippen LogP contribution in [0.25, 0.3) is 0 Å². The van der Waals surface area contributed by atoms with E-state index in [1.165, 1.54) is 12.1 Å². The zero-order valence-corrected chi connectivity index (χ0v) is 14.0. The van der Waals surface area contributed by atoms with E-state index in [0.717, 1.165) is 5.56 Å². The summed E-state index contributed by atoms with van der Waals surface area (Å²) in [6.45, 7) is 1.23. The molecular formula is C19H18FN3O3. The number of rotatable bonds is 3. The van der Waals surface area contributed by atoms with Gasteiger partial charge in [0.15, 0.2) is 0 Å². The van der Waals surface area contributed by atoms with Crippen molar-refractivity contribution in [2.45, 2.75) is 18.7 Å². The third kappa shape index (κ3) is 3.17. The average molecular weight is 355 g/mol. The molecule has 2 atom stereocenters. The van der Waals surface area contributed by atoms with E-state index >= 15 is 0 Å². The number of hydrogen-bond donors (Lipinski definition) is 0. The van der Waals surface area contributed by atoms with E-state index in [9.17, 15) is 14.0 Å². The molecule has 0 radical (unpaired) electrons. The van der Waals surface area contributed by atoms with Crippen molar-refractivity contribution in [1.82, 2.24) is 14.8 Å². The fraction of sp³-hybridized carbons (Fsp3) is 0.316. The standard InChI is InChI=1S/C19H18FN3O3/c20-15-3-1-13(2-4-15)9-23-16-10-22(11-17(16)26-12-18(23)24)19(25)14-5-7-21-8-6-14/h1-8,16-17H,9-12H2/t16-,17+/m1/s1. The van der Waals surface area contributed by atoms with Crippen molar-refractivity contribution in [3.8, 4) is 0 Å². The monoisotopic (exact) mass is 355 g/mol. The van der Waals surface area contributed by atoms with Gasteiger partial charge in [0.2, 0.25) is 5.91 Å². The zero-order chi connectivity index (χ0) is 18.1. The lowest BCUT2D eigenvalue weighted by Crippen LogP contribution is -2.53. The first-order valence-electron chi connectivity index (χ1n) is 8.46. The van der Waals surface area contributed by atoms with Crippen LogP contribution in [-0.4, -0.2) is 58.4 Å². The van der Waals surface area contributed by atoms with E-state index in [4.69, 9.17) is 4.74 Å². The lowest BCUT2D eigenvalue weighted by molar-refractivity contribution is -0.153. The first-order chi connectivity index (χ1) is 12.6. The maximum atomic E-state index is 13.1. The molecule has 0 bridgehead atoms. The fourth-order valence-electron chi connectivity index (χ4n) is 3.50. The van der Waals surface area contributed by atoms with E-state index in [0.29, 0.717) is 25.2 Å². The SMILES string of the molecule is O=C(c1ccncc1)N1C[C@@H]2OCC(=O)N(Cc3ccc(F)cc3)[C@@H]2C1. The van der Waals surface area contributed by atoms with Gasteiger partial charge in [-0.3, -0.25) is 14.6 Å². The number of benzene rings is 1. The van der Waals surface area contributed by atoms with Crippen molar-refractivity contribution in [3.63, 3.8) is 0 Å². The Morgan fingerprint density at radius 1 is 1.15 bits per heavy atom. The van der Waals surface area contributed by atoms with Crippen LogP contribution in [0.4, 0.5) is 4.39 Å². The quantitative estimate of drug-likeness (QED) is 0.837. The molecule has 4 rings (SSSR count). The number of hydrogen-bond acceptors (Lipinski definition) is 4. The summed E-state index contributed by atoms with van der Waals surface area (Å²) in [5.74, 6) is -0.525. The number of halogens is 1. The molecule has 3 heterocycles. The summed E-state index contributed by atoms with van der Waals surface area (Å²) in [7, 11) is 0. The molecule has 26 heavy (non-hydrogen) atoms. The Bertz CT molecular complexity index is 813. The first-order valence-corrected chi connectivity index (χ1v) is 8.46. The number of carbonyl (C=O) groups is 2. The summed E-state index contributed by atoms with van der Waals surface area (Å²) >= 11 is 0. The third-order valence-corrected chi connectivity index (χ3v) is 4.86. The van der Waals surface area contributed by atoms with Crippen LogP contribution in [-0.2, 0) is 16.1 Å². The highest BCUT2D eigenvalue weighted by molar-refractivity contribution is 5.94. The van der Waals surface area contributed by atoms with Gasteiger partial charge in [-0.1, -0.05) is 12.1 Å². The minimum absolute atomic E-state index is 0.000348. The lowest BCUT2D eigenvalue weighted by Gasteiger charge is -2.36. The smallest absolute Gasteiger partial charge is 0.254 e. The molecule has 0 unspecified atom stereocenters. The fourth-order valence-corrected chi connectivity index (χ4v) is 3.50. The zero-order valence-electron chi connectivity index (χ0n) is 14.0. The van der Waals surface area contributed by atoms with Gasteiger partial charge in [0.1, 0.15) is 12.4 Å². The molecule has 6 nitrogen and oxygen atoms in total. The number of likely N-dealkylation sites (tertiary alicyclic amines) is 1. The summed E-state index contributed by atoms with van der Waals surface area (Å²) in [6.07, 6.45) is 2.95. The minimum atomic E-state index is -0.310. The van der Waals surface area contributed by atoms with Gasteiger partial charge < -0.3 is 14.5 Å². The van der Waals surface area contributed by atoms with Gasteiger partial charge >= 0.3 is 0 Å². The van der Waals surface area contributed by atoms with Crippen LogP contribution >= 0.6 is 0 Å². The predicted octanol–water partition coefficient (Wildman–Crippen LogP) is 1.47. The normalized spacial score (nSPS) is 22.4. The first kappa shape index (κ1) is 16.7. The van der Waals surface area contributed by atoms with Crippen molar-refractivity contribution in [2.24, 2.45) is 0 Å². The Morgan fingerprint density at radius 2 is 1.88 bits per heavy atom. The van der Waals surface area contributed by atoms with Crippen LogP contribution in [0.1, 0.15) is 15.9 Å². The van der Waals surface area contributed by atoms with Gasteiger partial charge in [0.05, 0.1) is 12.1 Å². The maximum absolute atomic E-state index is 13.1. The molecule has 0 aliphatic carbocycles. The van der Waals surface area contributed by atoms with E-state index < -0.39 is 0 Å². The molecule has 2 aromatic rings. The molecule has 0 spiro atoms. The highest BCUT2D eigenvalue weighted by Gasteiger charge is 2.44. The molecular weight excluding hydrogens is 337 g/mol. The molecule has 1 aromatic heterocycles. The number of amides is 2. The van der Waals surface area contributed by atoms with Crippen molar-refractivity contribution in [3.05, 3.63) is 65.7 Å². The largest absolute Gasteiger partial charge is 0.364 e. The Morgan fingerprint density at radius 3 is 2.62 bits per heavy atom. The third-order valence-electron chi connectivity index (χ3n) is 4.86. The summed E-state index contributed by atoms with van der Waals surface area (Å²) < 4.78 is 18.8. The summed E-state index contributed by atoms with van der Waals surface area (Å²) in [6, 6.07) is 9.24. The number of aromatic nitrogens is 1. The number of morpholine rings is 1. The molecule has 1 aromatic carbocycles. The van der Waals surface area contributed by atoms with Crippen LogP contribution in [0.3, 0.4) is 0 Å². The van der Waals surface area contributed by atoms with E-state index in [1.54, 1.807) is 46.5 Å². The molecule has 2 amide bonds. The van der Waals surface area contributed by atoms with Gasteiger partial charge in [0, 0.05) is 37.6 Å². The molecule has 2 saturated heterocycles. The summed E-state index contributed by atoms with van der Waals surface area (Å²) in [5, 5.41) is 0. The molecule has 7 heteroatoms. The number of fused-ring (bicyclic) bond motifs is 1. The van der Waals surface area contributed by atoms with E-state index in [2.05, 4.69) is 4.98 Å². The van der Waals surface area contributed by atoms with Gasteiger partial charge in [0.25, 0.3) is 5.91 Å². The predicted molar refractivity (Wildman–Crippen MR) is 90.6 cm³/mol. The highest BCUT2D eigenvalue weighted by Crippen LogP contribution is 2.26. The van der Waals surface area contributed by atoms with Crippen molar-refractivity contribution in [1.29, 1.82) is 0 Å². The molecule has 0 N–H and O–H groups in total. The van der Waals surface area contributed by atoms with E-state index in [1.807, 2.05) is 0 Å². The number of pyridine rings is 1. The second kappa shape index (κ2) is 6.84. The Kier molecular flexibility index (Phi) is 4.38. The van der Waals surface area contributed by atoms with Crippen molar-refractivity contribution >= 4 is 11.8 Å². The Labute approximate surface area is 150 Å². The lowest BCUT2D eigenvalue weighted by atomic mass is 10.1. The van der Waals surface area contributed by atoms with Crippen LogP contribution < -0.4 is 0 Å². The van der Waals surface area contributed by atoms with Gasteiger partial charge in [-0.25, -0.2) is 4.39 Å². The van der Waals surface area contributed by atoms with E-state index in [-0.39, 0.29) is 36.4 Å². The molecule has 2 fully saturated rings. The maximum Gasteiger partial charge on any atom is 0.254 e. The van der Waals surface area contributed by atoms with Crippen LogP contribution in [0.15, 0.2) is 48.8 Å². The summed E-state index contributed by atoms with van der Waals surface area (Å²) in [4.78, 5) is 32.4. The van der Waals surface area contributed by atoms with Crippen LogP contribution in [0.5, 0.6) is 0 Å². The molecule has 0 saturated carbocycles. The average Bonchev–Trinajstić information content (AvgIpc) is 3.10. The number of nitrogens with zero attached hydrogens (tertiary/aromatic N) is 3. The topological polar surface area (TPSA) is 62.7 Å². The molecule has 2 aliphatic rings. The number of ether oxygens (including phenoxy) is 1.